The Morgan fingerprint density at radius 3 is 1.22 bits per heavy atom. The Kier molecular flexibility index (Phi) is 33.5. The molecule has 3 aromatic carbocycles. The normalized spacial score (nSPS) is 16.6. The SMILES string of the molecule is COc1ccc(C(OC[C@@]2(C)CN(C(=O)CCCCCCCCCNCCCCCCCCCCCCNCCCCCCCCCCCC(=O)[O-])C[C@@]2(C)CO)(c2ccccc2)c2ccc(OC)cc2)cc1.[Li+]. The number of aliphatic hydroxyl groups is 1. The summed E-state index contributed by atoms with van der Waals surface area (Å²) in [4.78, 5) is 26.2. The quantitative estimate of drug-likeness (QED) is 0.0288. The van der Waals surface area contributed by atoms with Gasteiger partial charge in [0.15, 0.2) is 0 Å². The molecule has 0 spiro atoms. The van der Waals surface area contributed by atoms with Gasteiger partial charge >= 0.3 is 18.9 Å². The van der Waals surface area contributed by atoms with E-state index in [1.165, 1.54) is 135 Å². The van der Waals surface area contributed by atoms with E-state index in [4.69, 9.17) is 14.2 Å². The standard InChI is InChI=1S/C63H101N3O7.Li/c1-61(52-67)50-66(51-62(61,2)53-73-63(54-34-26-25-27-35-54,55-38-42-57(71-3)43-39-55)56-40-44-58(72-4)45-41-56)59(68)36-28-19-13-12-18-24-33-49-65-47-31-22-16-10-6-5-9-15-21-30-46-64-48-32-23-17-11-7-8-14-20-29-37-60(69)70;/h25-27,34-35,38-45,64-65,67H,5-24,28-33,36-37,46-53H2,1-4H3,(H,69,70);/q;+1/p-1/t61-,62+;/m0./s1. The van der Waals surface area contributed by atoms with Crippen LogP contribution in [0.1, 0.15) is 210 Å². The molecule has 1 aliphatic heterocycles. The summed E-state index contributed by atoms with van der Waals surface area (Å²) in [6.45, 7) is 10.2. The van der Waals surface area contributed by atoms with Crippen molar-refractivity contribution in [2.24, 2.45) is 10.8 Å². The van der Waals surface area contributed by atoms with Crippen LogP contribution in [0.3, 0.4) is 0 Å². The average molecular weight is 1020 g/mol. The molecule has 11 heteroatoms. The van der Waals surface area contributed by atoms with Gasteiger partial charge in [-0.25, -0.2) is 0 Å². The third-order valence-corrected chi connectivity index (χ3v) is 16.0. The number of hydrogen-bond acceptors (Lipinski definition) is 9. The van der Waals surface area contributed by atoms with Crippen LogP contribution in [0, 0.1) is 10.8 Å². The van der Waals surface area contributed by atoms with Crippen LogP contribution in [-0.4, -0.2) is 88.6 Å². The van der Waals surface area contributed by atoms with Crippen LogP contribution in [0.5, 0.6) is 11.5 Å². The number of benzene rings is 3. The maximum absolute atomic E-state index is 13.8. The van der Waals surface area contributed by atoms with E-state index in [2.05, 4.69) is 60.9 Å². The number of methoxy groups -OCH3 is 2. The van der Waals surface area contributed by atoms with Gasteiger partial charge in [0.25, 0.3) is 0 Å². The number of carbonyl (C=O) groups is 2. The molecule has 410 valence electrons. The first-order chi connectivity index (χ1) is 35.6. The molecule has 10 nitrogen and oxygen atoms in total. The fourth-order valence-corrected chi connectivity index (χ4v) is 10.7. The number of rotatable bonds is 44. The second-order valence-corrected chi connectivity index (χ2v) is 21.9. The molecule has 0 bridgehead atoms. The number of nitrogens with zero attached hydrogens (tertiary/aromatic N) is 1. The molecule has 1 aliphatic rings. The Morgan fingerprint density at radius 1 is 0.514 bits per heavy atom. The van der Waals surface area contributed by atoms with Crippen LogP contribution in [-0.2, 0) is 19.9 Å². The average Bonchev–Trinajstić information content (AvgIpc) is 3.69. The number of aliphatic hydroxyl groups excluding tert-OH is 1. The number of carbonyl (C=O) groups excluding carboxylic acids is 2. The number of nitrogens with one attached hydrogen (secondary N) is 2. The van der Waals surface area contributed by atoms with Crippen LogP contribution in [0.25, 0.3) is 0 Å². The van der Waals surface area contributed by atoms with Gasteiger partial charge in [0.2, 0.25) is 5.91 Å². The molecule has 74 heavy (non-hydrogen) atoms. The Morgan fingerprint density at radius 2 is 0.851 bits per heavy atom. The summed E-state index contributed by atoms with van der Waals surface area (Å²) in [5.41, 5.74) is 0.853. The van der Waals surface area contributed by atoms with Crippen LogP contribution in [0.15, 0.2) is 78.9 Å². The molecule has 4 rings (SSSR count). The molecular formula is C63H100LiN3O7. The summed E-state index contributed by atoms with van der Waals surface area (Å²) >= 11 is 0. The van der Waals surface area contributed by atoms with Crippen LogP contribution < -0.4 is 44.1 Å². The number of hydrogen-bond donors (Lipinski definition) is 3. The molecule has 2 atom stereocenters. The second-order valence-electron chi connectivity index (χ2n) is 21.9. The summed E-state index contributed by atoms with van der Waals surface area (Å²) < 4.78 is 18.4. The largest absolute Gasteiger partial charge is 1.00 e. The van der Waals surface area contributed by atoms with E-state index >= 15 is 0 Å². The number of unbranched alkanes of at least 4 members (excludes halogenated alkanes) is 23. The van der Waals surface area contributed by atoms with Crippen molar-refractivity contribution in [1.29, 1.82) is 0 Å². The minimum atomic E-state index is -0.982. The topological polar surface area (TPSA) is 132 Å². The first-order valence-corrected chi connectivity index (χ1v) is 29.1. The van der Waals surface area contributed by atoms with E-state index in [0.717, 1.165) is 86.5 Å². The molecule has 1 saturated heterocycles. The van der Waals surface area contributed by atoms with Crippen molar-refractivity contribution in [3.05, 3.63) is 95.6 Å². The van der Waals surface area contributed by atoms with Gasteiger partial charge in [0, 0.05) is 36.3 Å². The van der Waals surface area contributed by atoms with E-state index in [0.29, 0.717) is 26.1 Å². The molecule has 0 aliphatic carbocycles. The third kappa shape index (κ3) is 23.1. The van der Waals surface area contributed by atoms with Crippen molar-refractivity contribution in [1.82, 2.24) is 15.5 Å². The van der Waals surface area contributed by atoms with Gasteiger partial charge in [-0.1, -0.05) is 197 Å². The van der Waals surface area contributed by atoms with Crippen molar-refractivity contribution in [3.63, 3.8) is 0 Å². The van der Waals surface area contributed by atoms with Crippen LogP contribution >= 0.6 is 0 Å². The van der Waals surface area contributed by atoms with Crippen molar-refractivity contribution in [3.8, 4) is 11.5 Å². The zero-order valence-corrected chi connectivity index (χ0v) is 47.3. The molecule has 1 amide bonds. The number of carboxylic acids is 1. The van der Waals surface area contributed by atoms with E-state index < -0.39 is 22.4 Å². The maximum atomic E-state index is 13.8. The van der Waals surface area contributed by atoms with E-state index in [1.807, 2.05) is 47.4 Å². The molecule has 1 fully saturated rings. The van der Waals surface area contributed by atoms with Gasteiger partial charge in [0.1, 0.15) is 17.1 Å². The first-order valence-electron chi connectivity index (χ1n) is 29.1. The number of aliphatic carboxylic acids is 1. The zero-order chi connectivity index (χ0) is 52.3. The van der Waals surface area contributed by atoms with Gasteiger partial charge in [-0.15, -0.1) is 0 Å². The van der Waals surface area contributed by atoms with Gasteiger partial charge in [-0.3, -0.25) is 4.79 Å². The Balaban J connectivity index is 0.0000144. The first kappa shape index (κ1) is 64.9. The van der Waals surface area contributed by atoms with Crippen LogP contribution in [0.4, 0.5) is 0 Å². The summed E-state index contributed by atoms with van der Waals surface area (Å²) in [5, 5.41) is 28.7. The summed E-state index contributed by atoms with van der Waals surface area (Å²) in [6, 6.07) is 26.4. The Labute approximate surface area is 461 Å². The third-order valence-electron chi connectivity index (χ3n) is 16.0. The molecule has 0 aromatic heterocycles. The fourth-order valence-electron chi connectivity index (χ4n) is 10.7. The minimum Gasteiger partial charge on any atom is -0.550 e. The molecular weight excluding hydrogens is 918 g/mol. The summed E-state index contributed by atoms with van der Waals surface area (Å²) in [7, 11) is 3.34. The van der Waals surface area contributed by atoms with Crippen molar-refractivity contribution >= 4 is 11.9 Å². The molecule has 3 N–H and O–H groups in total. The number of likely N-dealkylation sites (tertiary alicyclic amines) is 1. The second kappa shape index (κ2) is 38.2. The zero-order valence-electron chi connectivity index (χ0n) is 47.3. The van der Waals surface area contributed by atoms with Gasteiger partial charge in [-0.05, 0) is 112 Å². The van der Waals surface area contributed by atoms with E-state index in [-0.39, 0.29) is 37.8 Å². The molecule has 0 unspecified atom stereocenters. The predicted octanol–water partition coefficient (Wildman–Crippen LogP) is 9.72. The minimum absolute atomic E-state index is 0. The van der Waals surface area contributed by atoms with Crippen molar-refractivity contribution in [2.45, 2.75) is 199 Å². The van der Waals surface area contributed by atoms with Gasteiger partial charge in [0.05, 0.1) is 27.4 Å². The molecule has 0 saturated carbocycles. The van der Waals surface area contributed by atoms with Gasteiger partial charge < -0.3 is 44.8 Å². The summed E-state index contributed by atoms with van der Waals surface area (Å²) in [6.07, 6.45) is 33.1. The number of amides is 1. The molecule has 3 aromatic rings. The van der Waals surface area contributed by atoms with Crippen molar-refractivity contribution in [2.75, 3.05) is 66.7 Å². The van der Waals surface area contributed by atoms with E-state index in [1.54, 1.807) is 14.2 Å². The molecule has 0 radical (unpaired) electrons. The van der Waals surface area contributed by atoms with Crippen LogP contribution in [0.2, 0.25) is 0 Å². The molecule has 1 heterocycles. The van der Waals surface area contributed by atoms with Crippen molar-refractivity contribution < 1.29 is 52.9 Å². The Bertz CT molecular complexity index is 1840. The predicted molar refractivity (Wildman–Crippen MR) is 298 cm³/mol. The maximum Gasteiger partial charge on any atom is 1.00 e. The number of ether oxygens (including phenoxy) is 3. The van der Waals surface area contributed by atoms with Gasteiger partial charge in [-0.2, -0.15) is 0 Å². The number of carboxylic acid groups (broad SMARTS) is 1. The summed E-state index contributed by atoms with van der Waals surface area (Å²) in [5.74, 6) is 0.781. The Hall–Kier alpha value is -3.36. The monoisotopic (exact) mass is 1020 g/mol. The van der Waals surface area contributed by atoms with E-state index in [9.17, 15) is 19.8 Å². The fraction of sp³-hybridized carbons (Fsp3) is 0.683. The smallest absolute Gasteiger partial charge is 0.550 e.